The Balaban J connectivity index is 1.81. The van der Waals surface area contributed by atoms with Crippen LogP contribution in [-0.2, 0) is 12.8 Å². The molecule has 0 unspecified atom stereocenters. The molecule has 2 heterocycles. The molecule has 1 aliphatic rings. The van der Waals surface area contributed by atoms with Gasteiger partial charge < -0.3 is 5.11 Å². The Morgan fingerprint density at radius 2 is 1.97 bits per heavy atom. The maximum Gasteiger partial charge on any atom is 0.335 e. The smallest absolute Gasteiger partial charge is 0.335 e. The van der Waals surface area contributed by atoms with Gasteiger partial charge in [0.15, 0.2) is 0 Å². The number of aryl methyl sites for hydroxylation is 1. The van der Waals surface area contributed by atoms with Crippen molar-refractivity contribution >= 4 is 34.2 Å². The molecule has 4 rings (SSSR count). The summed E-state index contributed by atoms with van der Waals surface area (Å²) in [4.78, 5) is 32.1. The van der Waals surface area contributed by atoms with E-state index in [1.165, 1.54) is 17.6 Å². The molecule has 0 bridgehead atoms. The van der Waals surface area contributed by atoms with Gasteiger partial charge in [0.25, 0.3) is 5.56 Å². The number of halogens is 1. The summed E-state index contributed by atoms with van der Waals surface area (Å²) >= 11 is 7.30. The number of aliphatic imine (C=N–C) groups is 1. The Morgan fingerprint density at radius 3 is 2.69 bits per heavy atom. The van der Waals surface area contributed by atoms with E-state index in [2.05, 4.69) is 16.0 Å². The van der Waals surface area contributed by atoms with Gasteiger partial charge in [-0.25, -0.2) is 14.4 Å². The molecular weight excluding hydrogens is 412 g/mol. The Kier molecular flexibility index (Phi) is 5.09. The van der Waals surface area contributed by atoms with Crippen molar-refractivity contribution in [2.45, 2.75) is 25.7 Å². The van der Waals surface area contributed by atoms with E-state index in [1.54, 1.807) is 24.3 Å². The van der Waals surface area contributed by atoms with E-state index in [0.717, 1.165) is 40.7 Å². The number of aromatic nitrogens is 2. The van der Waals surface area contributed by atoms with Gasteiger partial charge in [0.1, 0.15) is 16.6 Å². The third-order valence-corrected chi connectivity index (χ3v) is 6.23. The molecule has 0 atom stereocenters. The maximum absolute atomic E-state index is 12.3. The molecule has 0 radical (unpaired) electrons. The first-order valence-corrected chi connectivity index (χ1v) is 10.1. The van der Waals surface area contributed by atoms with E-state index in [-0.39, 0.29) is 5.56 Å². The zero-order valence-corrected chi connectivity index (χ0v) is 16.7. The second-order valence-electron chi connectivity index (χ2n) is 6.57. The lowest BCUT2D eigenvalue weighted by molar-refractivity contribution is 0.430. The lowest BCUT2D eigenvalue weighted by atomic mass is 9.96. The Labute approximate surface area is 174 Å². The van der Waals surface area contributed by atoms with Crippen LogP contribution in [0.4, 0.5) is 5.00 Å². The number of rotatable bonds is 3. The average Bonchev–Trinajstić information content (AvgIpc) is 3.06. The van der Waals surface area contributed by atoms with Crippen molar-refractivity contribution in [2.75, 3.05) is 0 Å². The Morgan fingerprint density at radius 1 is 1.24 bits per heavy atom. The van der Waals surface area contributed by atoms with Crippen LogP contribution in [-0.4, -0.2) is 20.9 Å². The van der Waals surface area contributed by atoms with Crippen LogP contribution in [0.25, 0.3) is 5.69 Å². The number of nitriles is 1. The van der Waals surface area contributed by atoms with E-state index in [1.807, 2.05) is 0 Å². The van der Waals surface area contributed by atoms with Crippen molar-refractivity contribution < 1.29 is 5.11 Å². The lowest BCUT2D eigenvalue weighted by Crippen LogP contribution is -2.31. The van der Waals surface area contributed by atoms with Crippen molar-refractivity contribution in [3.8, 4) is 17.6 Å². The van der Waals surface area contributed by atoms with E-state index in [9.17, 15) is 20.0 Å². The normalized spacial score (nSPS) is 13.4. The minimum Gasteiger partial charge on any atom is -0.493 e. The second-order valence-corrected chi connectivity index (χ2v) is 8.09. The molecule has 0 amide bonds. The van der Waals surface area contributed by atoms with E-state index >= 15 is 0 Å². The van der Waals surface area contributed by atoms with E-state index < -0.39 is 17.1 Å². The highest BCUT2D eigenvalue weighted by atomic mass is 35.5. The molecule has 2 aromatic heterocycles. The first kappa shape index (κ1) is 19.2. The summed E-state index contributed by atoms with van der Waals surface area (Å²) < 4.78 is 0.962. The number of hydrogen-bond acceptors (Lipinski definition) is 6. The van der Waals surface area contributed by atoms with Gasteiger partial charge in [0, 0.05) is 16.1 Å². The van der Waals surface area contributed by atoms with Crippen molar-refractivity contribution in [1.82, 2.24) is 9.55 Å². The molecule has 0 saturated carbocycles. The summed E-state index contributed by atoms with van der Waals surface area (Å²) in [5.74, 6) is -0.537. The minimum atomic E-state index is -0.781. The number of H-pyrrole nitrogens is 1. The zero-order valence-electron chi connectivity index (χ0n) is 15.1. The van der Waals surface area contributed by atoms with Crippen LogP contribution in [0.3, 0.4) is 0 Å². The molecule has 2 N–H and O–H groups in total. The number of aromatic hydroxyl groups is 1. The predicted octanol–water partition coefficient (Wildman–Crippen LogP) is 3.45. The van der Waals surface area contributed by atoms with Gasteiger partial charge in [0.05, 0.1) is 11.3 Å². The van der Waals surface area contributed by atoms with Crippen molar-refractivity contribution in [3.05, 3.63) is 71.7 Å². The first-order valence-electron chi connectivity index (χ1n) is 8.92. The molecule has 146 valence electrons. The summed E-state index contributed by atoms with van der Waals surface area (Å²) in [7, 11) is 0. The van der Waals surface area contributed by atoms with Crippen molar-refractivity contribution in [2.24, 2.45) is 4.99 Å². The van der Waals surface area contributed by atoms with Crippen LogP contribution in [0.1, 0.15) is 34.4 Å². The first-order chi connectivity index (χ1) is 14.0. The van der Waals surface area contributed by atoms with Crippen LogP contribution >= 0.6 is 22.9 Å². The molecule has 0 fully saturated rings. The molecule has 0 saturated heterocycles. The average molecular weight is 427 g/mol. The molecule has 29 heavy (non-hydrogen) atoms. The van der Waals surface area contributed by atoms with E-state index in [4.69, 9.17) is 11.6 Å². The van der Waals surface area contributed by atoms with Crippen LogP contribution in [0.2, 0.25) is 5.02 Å². The van der Waals surface area contributed by atoms with Crippen molar-refractivity contribution in [1.29, 1.82) is 5.26 Å². The van der Waals surface area contributed by atoms with Crippen molar-refractivity contribution in [3.63, 3.8) is 0 Å². The number of benzene rings is 1. The fraction of sp³-hybridized carbons (Fsp3) is 0.200. The number of thiophene rings is 1. The monoisotopic (exact) mass is 426 g/mol. The fourth-order valence-electron chi connectivity index (χ4n) is 3.37. The number of nitrogens with zero attached hydrogens (tertiary/aromatic N) is 3. The van der Waals surface area contributed by atoms with E-state index in [0.29, 0.717) is 21.3 Å². The molecule has 1 aromatic carbocycles. The fourth-order valence-corrected chi connectivity index (χ4v) is 4.67. The lowest BCUT2D eigenvalue weighted by Gasteiger charge is -2.09. The second kappa shape index (κ2) is 7.70. The van der Waals surface area contributed by atoms with Gasteiger partial charge in [-0.15, -0.1) is 11.3 Å². The van der Waals surface area contributed by atoms with Crippen LogP contribution in [0.5, 0.6) is 5.88 Å². The molecule has 1 aliphatic carbocycles. The number of fused-ring (bicyclic) bond motifs is 1. The molecular formula is C20H15ClN4O3S. The third kappa shape index (κ3) is 3.50. The predicted molar refractivity (Wildman–Crippen MR) is 112 cm³/mol. The molecule has 9 heteroatoms. The van der Waals surface area contributed by atoms with Crippen LogP contribution in [0, 0.1) is 11.3 Å². The largest absolute Gasteiger partial charge is 0.493 e. The quantitative estimate of drug-likeness (QED) is 0.624. The molecule has 0 spiro atoms. The van der Waals surface area contributed by atoms with Gasteiger partial charge in [0.2, 0.25) is 5.88 Å². The van der Waals surface area contributed by atoms with Gasteiger partial charge in [-0.3, -0.25) is 9.78 Å². The summed E-state index contributed by atoms with van der Waals surface area (Å²) in [6.07, 6.45) is 5.06. The highest BCUT2D eigenvalue weighted by Gasteiger charge is 2.21. The van der Waals surface area contributed by atoms with Crippen LogP contribution < -0.4 is 11.2 Å². The van der Waals surface area contributed by atoms with Gasteiger partial charge >= 0.3 is 5.69 Å². The SMILES string of the molecule is N#Cc1c(N=Cc2c(O)n(-c3ccc(Cl)cc3)c(=O)[nH]c2=O)sc2c1CCCC2. The number of aromatic amines is 1. The van der Waals surface area contributed by atoms with Crippen LogP contribution in [0.15, 0.2) is 38.8 Å². The number of hydrogen-bond donors (Lipinski definition) is 2. The molecule has 7 nitrogen and oxygen atoms in total. The number of nitrogens with one attached hydrogen (secondary N) is 1. The molecule has 3 aromatic rings. The molecule has 0 aliphatic heterocycles. The Hall–Kier alpha value is -3.15. The summed E-state index contributed by atoms with van der Waals surface area (Å²) in [5.41, 5.74) is 0.169. The minimum absolute atomic E-state index is 0.171. The Bertz CT molecular complexity index is 1280. The summed E-state index contributed by atoms with van der Waals surface area (Å²) in [6.45, 7) is 0. The summed E-state index contributed by atoms with van der Waals surface area (Å²) in [5, 5.41) is 21.1. The van der Waals surface area contributed by atoms with Gasteiger partial charge in [-0.05, 0) is 55.5 Å². The summed E-state index contributed by atoms with van der Waals surface area (Å²) in [6, 6.07) is 8.43. The third-order valence-electron chi connectivity index (χ3n) is 4.78. The maximum atomic E-state index is 12.3. The zero-order chi connectivity index (χ0) is 20.5. The van der Waals surface area contributed by atoms with Gasteiger partial charge in [-0.2, -0.15) is 5.26 Å². The van der Waals surface area contributed by atoms with Gasteiger partial charge in [-0.1, -0.05) is 11.6 Å². The highest BCUT2D eigenvalue weighted by Crippen LogP contribution is 2.39. The highest BCUT2D eigenvalue weighted by molar-refractivity contribution is 7.16. The topological polar surface area (TPSA) is 111 Å². The standard InChI is InChI=1S/C20H15ClN4O3S/c21-11-5-7-12(8-6-11)25-19(27)15(17(26)24-20(25)28)10-23-18-14(9-22)13-3-1-2-4-16(13)29-18/h5-8,10,27H,1-4H2,(H,24,26,28).